The maximum Gasteiger partial charge on any atom is 0.268 e. The Kier molecular flexibility index (Phi) is 6.03. The number of halogens is 2. The summed E-state index contributed by atoms with van der Waals surface area (Å²) in [6.07, 6.45) is 0. The van der Waals surface area contributed by atoms with Gasteiger partial charge in [-0.3, -0.25) is 4.79 Å². The molecule has 0 unspecified atom stereocenters. The molecule has 134 valence electrons. The van der Waals surface area contributed by atoms with Gasteiger partial charge in [0, 0.05) is 11.1 Å². The van der Waals surface area contributed by atoms with Gasteiger partial charge in [-0.1, -0.05) is 23.2 Å². The second-order valence-corrected chi connectivity index (χ2v) is 6.55. The molecule has 0 saturated carbocycles. The summed E-state index contributed by atoms with van der Waals surface area (Å²) in [6.45, 7) is 3.32. The Labute approximate surface area is 156 Å². The van der Waals surface area contributed by atoms with E-state index >= 15 is 0 Å². The highest BCUT2D eigenvalue weighted by Gasteiger charge is 2.31. The van der Waals surface area contributed by atoms with Gasteiger partial charge < -0.3 is 19.5 Å². The molecular formula is C18H19Cl2NO4. The first-order chi connectivity index (χ1) is 11.8. The second-order valence-electron chi connectivity index (χ2n) is 5.71. The fraction of sp³-hybridized carbons (Fsp3) is 0.278. The van der Waals surface area contributed by atoms with E-state index in [1.165, 1.54) is 14.2 Å². The molecule has 0 fully saturated rings. The van der Waals surface area contributed by atoms with Crippen molar-refractivity contribution in [1.29, 1.82) is 0 Å². The Morgan fingerprint density at radius 1 is 1.00 bits per heavy atom. The number of carbonyl (C=O) groups is 1. The number of ether oxygens (including phenoxy) is 3. The van der Waals surface area contributed by atoms with Crippen molar-refractivity contribution in [2.24, 2.45) is 0 Å². The molecule has 7 heteroatoms. The van der Waals surface area contributed by atoms with Crippen LogP contribution >= 0.6 is 23.2 Å². The Hall–Kier alpha value is -2.11. The van der Waals surface area contributed by atoms with Crippen LogP contribution in [0.15, 0.2) is 36.4 Å². The molecule has 2 aromatic rings. The van der Waals surface area contributed by atoms with Crippen LogP contribution < -0.4 is 19.5 Å². The molecule has 1 N–H and O–H groups in total. The van der Waals surface area contributed by atoms with Crippen LogP contribution in [0.5, 0.6) is 17.2 Å². The molecule has 25 heavy (non-hydrogen) atoms. The van der Waals surface area contributed by atoms with Gasteiger partial charge in [0.2, 0.25) is 0 Å². The summed E-state index contributed by atoms with van der Waals surface area (Å²) in [4.78, 5) is 12.6. The van der Waals surface area contributed by atoms with Crippen molar-refractivity contribution in [3.63, 3.8) is 0 Å². The van der Waals surface area contributed by atoms with Crippen LogP contribution in [-0.2, 0) is 4.79 Å². The summed E-state index contributed by atoms with van der Waals surface area (Å²) in [7, 11) is 3.00. The predicted octanol–water partition coefficient (Wildman–Crippen LogP) is 4.81. The Balaban J connectivity index is 2.20. The van der Waals surface area contributed by atoms with Crippen molar-refractivity contribution >= 4 is 34.8 Å². The van der Waals surface area contributed by atoms with Crippen LogP contribution in [0.3, 0.4) is 0 Å². The number of benzene rings is 2. The van der Waals surface area contributed by atoms with Crippen molar-refractivity contribution < 1.29 is 19.0 Å². The molecule has 0 saturated heterocycles. The van der Waals surface area contributed by atoms with Crippen LogP contribution in [-0.4, -0.2) is 25.7 Å². The summed E-state index contributed by atoms with van der Waals surface area (Å²) >= 11 is 12.0. The zero-order valence-corrected chi connectivity index (χ0v) is 15.9. The van der Waals surface area contributed by atoms with E-state index in [-0.39, 0.29) is 5.91 Å². The number of anilines is 1. The first-order valence-electron chi connectivity index (χ1n) is 7.44. The molecule has 0 radical (unpaired) electrons. The minimum atomic E-state index is -1.13. The van der Waals surface area contributed by atoms with Gasteiger partial charge in [-0.15, -0.1) is 0 Å². The summed E-state index contributed by atoms with van der Waals surface area (Å²) in [6, 6.07) is 9.94. The third-order valence-corrected chi connectivity index (χ3v) is 4.00. The average Bonchev–Trinajstić information content (AvgIpc) is 2.57. The highest BCUT2D eigenvalue weighted by Crippen LogP contribution is 2.36. The predicted molar refractivity (Wildman–Crippen MR) is 99.3 cm³/mol. The third kappa shape index (κ3) is 4.71. The van der Waals surface area contributed by atoms with Crippen molar-refractivity contribution in [2.45, 2.75) is 19.4 Å². The van der Waals surface area contributed by atoms with E-state index in [4.69, 9.17) is 37.4 Å². The van der Waals surface area contributed by atoms with Gasteiger partial charge in [-0.2, -0.15) is 0 Å². The number of amides is 1. The van der Waals surface area contributed by atoms with E-state index in [1.54, 1.807) is 50.2 Å². The summed E-state index contributed by atoms with van der Waals surface area (Å²) in [5.74, 6) is 1.05. The Morgan fingerprint density at radius 3 is 2.16 bits per heavy atom. The van der Waals surface area contributed by atoms with Gasteiger partial charge in [0.05, 0.1) is 24.9 Å². The topological polar surface area (TPSA) is 56.8 Å². The lowest BCUT2D eigenvalue weighted by Crippen LogP contribution is -2.42. The Morgan fingerprint density at radius 2 is 1.60 bits per heavy atom. The van der Waals surface area contributed by atoms with Gasteiger partial charge in [0.25, 0.3) is 5.91 Å². The molecule has 0 bridgehead atoms. The SMILES string of the molecule is COc1cc(OC)c(NC(=O)C(C)(C)Oc2ccc(Cl)cc2)cc1Cl. The number of rotatable bonds is 6. The summed E-state index contributed by atoms with van der Waals surface area (Å²) in [5.41, 5.74) is -0.711. The van der Waals surface area contributed by atoms with Crippen molar-refractivity contribution in [3.8, 4) is 17.2 Å². The quantitative estimate of drug-likeness (QED) is 0.777. The monoisotopic (exact) mass is 383 g/mol. The van der Waals surface area contributed by atoms with E-state index in [0.29, 0.717) is 33.0 Å². The molecule has 2 rings (SSSR count). The van der Waals surface area contributed by atoms with Crippen molar-refractivity contribution in [3.05, 3.63) is 46.4 Å². The van der Waals surface area contributed by atoms with E-state index < -0.39 is 5.60 Å². The number of methoxy groups -OCH3 is 2. The minimum Gasteiger partial charge on any atom is -0.495 e. The van der Waals surface area contributed by atoms with Crippen LogP contribution in [0, 0.1) is 0 Å². The van der Waals surface area contributed by atoms with Gasteiger partial charge in [-0.05, 0) is 44.2 Å². The van der Waals surface area contributed by atoms with Gasteiger partial charge in [0.15, 0.2) is 5.60 Å². The molecule has 0 spiro atoms. The lowest BCUT2D eigenvalue weighted by molar-refractivity contribution is -0.128. The second kappa shape index (κ2) is 7.85. The molecule has 0 heterocycles. The molecule has 5 nitrogen and oxygen atoms in total. The molecule has 1 amide bonds. The van der Waals surface area contributed by atoms with Crippen LogP contribution in [0.2, 0.25) is 10.0 Å². The van der Waals surface area contributed by atoms with Crippen LogP contribution in [0.25, 0.3) is 0 Å². The van der Waals surface area contributed by atoms with Gasteiger partial charge in [0.1, 0.15) is 17.2 Å². The van der Waals surface area contributed by atoms with E-state index in [2.05, 4.69) is 5.32 Å². The van der Waals surface area contributed by atoms with E-state index in [1.807, 2.05) is 0 Å². The summed E-state index contributed by atoms with van der Waals surface area (Å²) in [5, 5.41) is 3.72. The standard InChI is InChI=1S/C18H19Cl2NO4/c1-18(2,25-12-7-5-11(19)6-8-12)17(22)21-14-9-13(20)15(23-3)10-16(14)24-4/h5-10H,1-4H3,(H,21,22). The number of nitrogens with one attached hydrogen (secondary N) is 1. The van der Waals surface area contributed by atoms with Crippen molar-refractivity contribution in [2.75, 3.05) is 19.5 Å². The molecule has 2 aromatic carbocycles. The van der Waals surface area contributed by atoms with E-state index in [9.17, 15) is 4.79 Å². The fourth-order valence-electron chi connectivity index (χ4n) is 2.07. The smallest absolute Gasteiger partial charge is 0.268 e. The molecule has 0 aliphatic rings. The third-order valence-electron chi connectivity index (χ3n) is 3.46. The van der Waals surface area contributed by atoms with Gasteiger partial charge in [-0.25, -0.2) is 0 Å². The lowest BCUT2D eigenvalue weighted by Gasteiger charge is -2.26. The van der Waals surface area contributed by atoms with Crippen LogP contribution in [0.4, 0.5) is 5.69 Å². The van der Waals surface area contributed by atoms with Crippen LogP contribution in [0.1, 0.15) is 13.8 Å². The highest BCUT2D eigenvalue weighted by atomic mass is 35.5. The molecule has 0 aliphatic carbocycles. The summed E-state index contributed by atoms with van der Waals surface area (Å²) < 4.78 is 16.2. The van der Waals surface area contributed by atoms with E-state index in [0.717, 1.165) is 0 Å². The lowest BCUT2D eigenvalue weighted by atomic mass is 10.1. The normalized spacial score (nSPS) is 11.0. The maximum atomic E-state index is 12.6. The highest BCUT2D eigenvalue weighted by molar-refractivity contribution is 6.32. The van der Waals surface area contributed by atoms with Crippen molar-refractivity contribution in [1.82, 2.24) is 0 Å². The van der Waals surface area contributed by atoms with Gasteiger partial charge >= 0.3 is 0 Å². The number of hydrogen-bond acceptors (Lipinski definition) is 4. The largest absolute Gasteiger partial charge is 0.495 e. The number of carbonyl (C=O) groups excluding carboxylic acids is 1. The first-order valence-corrected chi connectivity index (χ1v) is 8.20. The zero-order valence-electron chi connectivity index (χ0n) is 14.4. The molecule has 0 aromatic heterocycles. The Bertz CT molecular complexity index is 760. The first kappa shape index (κ1) is 19.2. The molecule has 0 atom stereocenters. The maximum absolute atomic E-state index is 12.6. The molecular weight excluding hydrogens is 365 g/mol. The average molecular weight is 384 g/mol. The molecule has 0 aliphatic heterocycles. The fourth-order valence-corrected chi connectivity index (χ4v) is 2.44. The zero-order chi connectivity index (χ0) is 18.6. The minimum absolute atomic E-state index is 0.357. The number of hydrogen-bond donors (Lipinski definition) is 1.